The van der Waals surface area contributed by atoms with Crippen molar-refractivity contribution in [1.82, 2.24) is 0 Å². The van der Waals surface area contributed by atoms with Crippen LogP contribution in [0.5, 0.6) is 11.5 Å². The summed E-state index contributed by atoms with van der Waals surface area (Å²) in [7, 11) is 0. The zero-order valence-electron chi connectivity index (χ0n) is 14.8. The molecule has 138 valence electrons. The normalized spacial score (nSPS) is 12.8. The van der Waals surface area contributed by atoms with Crippen molar-refractivity contribution in [3.8, 4) is 11.5 Å². The van der Waals surface area contributed by atoms with E-state index in [-0.39, 0.29) is 22.6 Å². The summed E-state index contributed by atoms with van der Waals surface area (Å²) in [6.45, 7) is 1.88. The third kappa shape index (κ3) is 2.99. The Morgan fingerprint density at radius 2 is 1.57 bits per heavy atom. The fourth-order valence-electron chi connectivity index (χ4n) is 3.08. The van der Waals surface area contributed by atoms with Crippen LogP contribution in [0.25, 0.3) is 0 Å². The molecule has 0 atom stereocenters. The van der Waals surface area contributed by atoms with Crippen molar-refractivity contribution in [1.29, 1.82) is 0 Å². The number of amides is 2. The average molecular weight is 374 g/mol. The molecule has 0 N–H and O–H groups in total. The summed E-state index contributed by atoms with van der Waals surface area (Å²) < 4.78 is 5.65. The van der Waals surface area contributed by atoms with Gasteiger partial charge in [0.05, 0.1) is 27.8 Å². The van der Waals surface area contributed by atoms with Crippen LogP contribution in [0.4, 0.5) is 11.4 Å². The monoisotopic (exact) mass is 374 g/mol. The van der Waals surface area contributed by atoms with Gasteiger partial charge in [0.15, 0.2) is 0 Å². The fourth-order valence-corrected chi connectivity index (χ4v) is 3.08. The molecule has 0 radical (unpaired) electrons. The van der Waals surface area contributed by atoms with Crippen molar-refractivity contribution in [2.45, 2.75) is 6.92 Å². The largest absolute Gasteiger partial charge is 0.457 e. The van der Waals surface area contributed by atoms with Crippen LogP contribution in [0.15, 0.2) is 66.7 Å². The molecule has 28 heavy (non-hydrogen) atoms. The fraction of sp³-hybridized carbons (Fsp3) is 0.0476. The van der Waals surface area contributed by atoms with Crippen LogP contribution in [0.1, 0.15) is 26.3 Å². The quantitative estimate of drug-likeness (QED) is 0.381. The van der Waals surface area contributed by atoms with Crippen LogP contribution in [0, 0.1) is 17.0 Å². The number of carbonyl (C=O) groups excluding carboxylic acids is 2. The van der Waals surface area contributed by atoms with E-state index in [4.69, 9.17) is 4.74 Å². The van der Waals surface area contributed by atoms with Crippen LogP contribution in [-0.2, 0) is 0 Å². The zero-order valence-corrected chi connectivity index (χ0v) is 14.8. The molecule has 3 aromatic carbocycles. The number of anilines is 1. The lowest BCUT2D eigenvalue weighted by atomic mass is 10.1. The molecular weight excluding hydrogens is 360 g/mol. The van der Waals surface area contributed by atoms with Crippen LogP contribution in [0.3, 0.4) is 0 Å². The number of hydrogen-bond acceptors (Lipinski definition) is 5. The minimum absolute atomic E-state index is 0.101. The van der Waals surface area contributed by atoms with E-state index in [0.717, 1.165) is 10.5 Å². The van der Waals surface area contributed by atoms with E-state index in [1.54, 1.807) is 30.3 Å². The number of benzene rings is 3. The number of nitro groups is 1. The maximum absolute atomic E-state index is 12.8. The van der Waals surface area contributed by atoms with Gasteiger partial charge in [-0.1, -0.05) is 18.2 Å². The maximum atomic E-state index is 12.8. The highest BCUT2D eigenvalue weighted by atomic mass is 16.6. The number of rotatable bonds is 4. The number of imide groups is 1. The Balaban J connectivity index is 1.66. The molecule has 7 heteroatoms. The van der Waals surface area contributed by atoms with Gasteiger partial charge in [0, 0.05) is 6.07 Å². The Labute approximate surface area is 159 Å². The molecule has 4 rings (SSSR count). The molecule has 1 aliphatic heterocycles. The predicted molar refractivity (Wildman–Crippen MR) is 102 cm³/mol. The van der Waals surface area contributed by atoms with Gasteiger partial charge in [0.25, 0.3) is 17.5 Å². The van der Waals surface area contributed by atoms with Crippen molar-refractivity contribution in [3.63, 3.8) is 0 Å². The van der Waals surface area contributed by atoms with Gasteiger partial charge in [-0.05, 0) is 48.9 Å². The van der Waals surface area contributed by atoms with E-state index in [1.807, 2.05) is 13.0 Å². The third-order valence-electron chi connectivity index (χ3n) is 4.38. The first-order valence-electron chi connectivity index (χ1n) is 8.46. The van der Waals surface area contributed by atoms with Crippen molar-refractivity contribution < 1.29 is 19.2 Å². The highest BCUT2D eigenvalue weighted by molar-refractivity contribution is 6.34. The van der Waals surface area contributed by atoms with E-state index in [2.05, 4.69) is 0 Å². The Hall–Kier alpha value is -4.00. The lowest BCUT2D eigenvalue weighted by molar-refractivity contribution is -0.384. The standard InChI is InChI=1S/C21H14N2O5/c1-13-4-2-5-14(10-13)22-20(24)18-9-8-17(12-19(18)21(22)25)28-16-7-3-6-15(11-16)23(26)27/h2-12H,1H3. The lowest BCUT2D eigenvalue weighted by Gasteiger charge is -2.14. The minimum atomic E-state index is -0.516. The van der Waals surface area contributed by atoms with Gasteiger partial charge in [0.2, 0.25) is 0 Å². The number of non-ortho nitro benzene ring substituents is 1. The Morgan fingerprint density at radius 3 is 2.32 bits per heavy atom. The lowest BCUT2D eigenvalue weighted by Crippen LogP contribution is -2.29. The van der Waals surface area contributed by atoms with Crippen LogP contribution < -0.4 is 9.64 Å². The first kappa shape index (κ1) is 17.4. The SMILES string of the molecule is Cc1cccc(N2C(=O)c3ccc(Oc4cccc([N+](=O)[O-])c4)cc3C2=O)c1. The maximum Gasteiger partial charge on any atom is 0.273 e. The molecule has 0 aromatic heterocycles. The van der Waals surface area contributed by atoms with Gasteiger partial charge in [-0.3, -0.25) is 19.7 Å². The number of aryl methyl sites for hydroxylation is 1. The molecule has 1 heterocycles. The van der Waals surface area contributed by atoms with Gasteiger partial charge in [-0.15, -0.1) is 0 Å². The van der Waals surface area contributed by atoms with E-state index < -0.39 is 16.7 Å². The summed E-state index contributed by atoms with van der Waals surface area (Å²) >= 11 is 0. The molecule has 0 spiro atoms. The van der Waals surface area contributed by atoms with Crippen molar-refractivity contribution in [2.24, 2.45) is 0 Å². The second kappa shape index (κ2) is 6.62. The van der Waals surface area contributed by atoms with Gasteiger partial charge >= 0.3 is 0 Å². The Kier molecular flexibility index (Phi) is 4.12. The zero-order chi connectivity index (χ0) is 19.8. The molecule has 0 saturated heterocycles. The predicted octanol–water partition coefficient (Wildman–Crippen LogP) is 4.50. The van der Waals surface area contributed by atoms with Crippen molar-refractivity contribution >= 4 is 23.2 Å². The summed E-state index contributed by atoms with van der Waals surface area (Å²) in [5.41, 5.74) is 1.86. The number of ether oxygens (including phenoxy) is 1. The topological polar surface area (TPSA) is 89.8 Å². The summed E-state index contributed by atoms with van der Waals surface area (Å²) in [5.74, 6) is -0.254. The average Bonchev–Trinajstić information content (AvgIpc) is 2.92. The molecule has 0 bridgehead atoms. The van der Waals surface area contributed by atoms with Gasteiger partial charge in [0.1, 0.15) is 11.5 Å². The van der Waals surface area contributed by atoms with E-state index >= 15 is 0 Å². The molecule has 2 amide bonds. The highest BCUT2D eigenvalue weighted by Crippen LogP contribution is 2.33. The second-order valence-corrected chi connectivity index (χ2v) is 6.35. The van der Waals surface area contributed by atoms with Gasteiger partial charge in [-0.25, -0.2) is 4.90 Å². The summed E-state index contributed by atoms with van der Waals surface area (Å²) in [4.78, 5) is 37.0. The molecule has 0 saturated carbocycles. The van der Waals surface area contributed by atoms with E-state index in [1.165, 1.54) is 30.3 Å². The summed E-state index contributed by atoms with van der Waals surface area (Å²) in [6.07, 6.45) is 0. The molecule has 3 aromatic rings. The molecule has 1 aliphatic rings. The number of fused-ring (bicyclic) bond motifs is 1. The van der Waals surface area contributed by atoms with E-state index in [0.29, 0.717) is 11.4 Å². The van der Waals surface area contributed by atoms with Crippen LogP contribution in [-0.4, -0.2) is 16.7 Å². The molecule has 0 fully saturated rings. The first-order chi connectivity index (χ1) is 13.4. The second-order valence-electron chi connectivity index (χ2n) is 6.35. The number of carbonyl (C=O) groups is 2. The molecular formula is C21H14N2O5. The molecule has 7 nitrogen and oxygen atoms in total. The summed E-state index contributed by atoms with van der Waals surface area (Å²) in [5, 5.41) is 10.9. The molecule has 0 aliphatic carbocycles. The number of nitrogens with zero attached hydrogens (tertiary/aromatic N) is 2. The van der Waals surface area contributed by atoms with Crippen molar-refractivity contribution in [3.05, 3.63) is 93.5 Å². The third-order valence-corrected chi connectivity index (χ3v) is 4.38. The highest BCUT2D eigenvalue weighted by Gasteiger charge is 2.37. The van der Waals surface area contributed by atoms with Crippen molar-refractivity contribution in [2.75, 3.05) is 4.90 Å². The minimum Gasteiger partial charge on any atom is -0.457 e. The Morgan fingerprint density at radius 1 is 0.857 bits per heavy atom. The number of hydrogen-bond donors (Lipinski definition) is 0. The Bertz CT molecular complexity index is 1140. The van der Waals surface area contributed by atoms with Gasteiger partial charge < -0.3 is 4.74 Å². The number of nitro benzene ring substituents is 1. The van der Waals surface area contributed by atoms with Gasteiger partial charge in [-0.2, -0.15) is 0 Å². The smallest absolute Gasteiger partial charge is 0.273 e. The summed E-state index contributed by atoms with van der Waals surface area (Å²) in [6, 6.07) is 17.4. The van der Waals surface area contributed by atoms with Crippen LogP contribution >= 0.6 is 0 Å². The first-order valence-corrected chi connectivity index (χ1v) is 8.46. The molecule has 0 unspecified atom stereocenters. The van der Waals surface area contributed by atoms with E-state index in [9.17, 15) is 19.7 Å². The van der Waals surface area contributed by atoms with Crippen LogP contribution in [0.2, 0.25) is 0 Å².